The van der Waals surface area contributed by atoms with Crippen LogP contribution in [0.1, 0.15) is 31.2 Å². The predicted molar refractivity (Wildman–Crippen MR) is 92.9 cm³/mol. The van der Waals surface area contributed by atoms with Crippen molar-refractivity contribution >= 4 is 35.0 Å². The van der Waals surface area contributed by atoms with Gasteiger partial charge in [0.15, 0.2) is 0 Å². The number of hydrogen-bond donors (Lipinski definition) is 1. The van der Waals surface area contributed by atoms with Crippen molar-refractivity contribution in [3.63, 3.8) is 0 Å². The van der Waals surface area contributed by atoms with Gasteiger partial charge in [0.1, 0.15) is 5.78 Å². The molecule has 1 aromatic rings. The minimum absolute atomic E-state index is 0.0787. The Hall–Kier alpha value is -1.78. The van der Waals surface area contributed by atoms with Crippen LogP contribution in [0.15, 0.2) is 41.2 Å². The van der Waals surface area contributed by atoms with Crippen LogP contribution in [0.25, 0.3) is 0 Å². The van der Waals surface area contributed by atoms with Crippen molar-refractivity contribution in [1.82, 2.24) is 5.32 Å². The van der Waals surface area contributed by atoms with Crippen molar-refractivity contribution in [3.8, 4) is 0 Å². The second-order valence-electron chi connectivity index (χ2n) is 5.92. The highest BCUT2D eigenvalue weighted by atomic mass is 35.5. The normalized spacial score (nSPS) is 23.3. The summed E-state index contributed by atoms with van der Waals surface area (Å²) < 4.78 is 4.95. The van der Waals surface area contributed by atoms with Gasteiger partial charge < -0.3 is 10.1 Å². The second kappa shape index (κ2) is 6.61. The van der Waals surface area contributed by atoms with E-state index in [9.17, 15) is 9.59 Å². The monoisotopic (exact) mass is 365 g/mol. The van der Waals surface area contributed by atoms with E-state index in [2.05, 4.69) is 5.32 Å². The second-order valence-corrected chi connectivity index (χ2v) is 6.70. The Morgan fingerprint density at radius 1 is 1.29 bits per heavy atom. The van der Waals surface area contributed by atoms with Crippen LogP contribution < -0.4 is 5.32 Å². The largest absolute Gasteiger partial charge is 0.466 e. The lowest BCUT2D eigenvalue weighted by atomic mass is 9.71. The third-order valence-electron chi connectivity index (χ3n) is 4.54. The number of benzene rings is 1. The molecule has 0 aromatic heterocycles. The number of methoxy groups -OCH3 is 1. The van der Waals surface area contributed by atoms with Crippen molar-refractivity contribution in [2.45, 2.75) is 25.7 Å². The molecule has 126 valence electrons. The van der Waals surface area contributed by atoms with Crippen LogP contribution in [0, 0.1) is 5.92 Å². The number of ketones is 1. The van der Waals surface area contributed by atoms with E-state index >= 15 is 0 Å². The third-order valence-corrected chi connectivity index (χ3v) is 5.37. The number of ether oxygens (including phenoxy) is 1. The summed E-state index contributed by atoms with van der Waals surface area (Å²) in [6.07, 6.45) is 3.14. The zero-order chi connectivity index (χ0) is 17.4. The molecule has 0 saturated carbocycles. The first-order valence-electron chi connectivity index (χ1n) is 7.68. The van der Waals surface area contributed by atoms with E-state index in [0.717, 1.165) is 5.70 Å². The van der Waals surface area contributed by atoms with E-state index in [1.807, 2.05) is 6.08 Å². The average Bonchev–Trinajstić information content (AvgIpc) is 2.56. The van der Waals surface area contributed by atoms with E-state index in [0.29, 0.717) is 39.7 Å². The zero-order valence-corrected chi connectivity index (χ0v) is 14.9. The molecule has 0 amide bonds. The Labute approximate surface area is 150 Å². The number of carbonyl (C=O) groups excluding carboxylic acids is 2. The number of carbonyl (C=O) groups is 2. The molecule has 1 heterocycles. The van der Waals surface area contributed by atoms with Crippen molar-refractivity contribution in [1.29, 1.82) is 0 Å². The van der Waals surface area contributed by atoms with Gasteiger partial charge >= 0.3 is 5.97 Å². The molecule has 0 saturated heterocycles. The van der Waals surface area contributed by atoms with Gasteiger partial charge in [0.25, 0.3) is 0 Å². The first kappa shape index (κ1) is 17.1. The van der Waals surface area contributed by atoms with Crippen LogP contribution in [0.5, 0.6) is 0 Å². The Balaban J connectivity index is 2.25. The molecule has 0 spiro atoms. The minimum Gasteiger partial charge on any atom is -0.466 e. The lowest BCUT2D eigenvalue weighted by molar-refractivity contribution is -0.136. The zero-order valence-electron chi connectivity index (χ0n) is 13.4. The summed E-state index contributed by atoms with van der Waals surface area (Å²) in [7, 11) is 1.33. The quantitative estimate of drug-likeness (QED) is 0.805. The Morgan fingerprint density at radius 2 is 2.04 bits per heavy atom. The molecule has 0 fully saturated rings. The Morgan fingerprint density at radius 3 is 2.75 bits per heavy atom. The van der Waals surface area contributed by atoms with Crippen molar-refractivity contribution < 1.29 is 14.3 Å². The Kier molecular flexibility index (Phi) is 4.70. The maximum absolute atomic E-state index is 12.6. The number of allylic oxidation sites excluding steroid dienone is 3. The highest BCUT2D eigenvalue weighted by Crippen LogP contribution is 2.46. The van der Waals surface area contributed by atoms with Crippen LogP contribution in [0.2, 0.25) is 10.0 Å². The van der Waals surface area contributed by atoms with E-state index in [-0.39, 0.29) is 5.78 Å². The number of hydrogen-bond acceptors (Lipinski definition) is 4. The van der Waals surface area contributed by atoms with E-state index < -0.39 is 17.8 Å². The molecule has 4 nitrogen and oxygen atoms in total. The van der Waals surface area contributed by atoms with Crippen LogP contribution in [0.3, 0.4) is 0 Å². The highest BCUT2D eigenvalue weighted by Gasteiger charge is 2.44. The molecule has 1 N–H and O–H groups in total. The van der Waals surface area contributed by atoms with Gasteiger partial charge in [0.2, 0.25) is 0 Å². The molecule has 2 unspecified atom stereocenters. The standard InChI is InChI=1S/C18H17Cl2NO3/c1-9-14(18(23)24-2)15(10-5-3-6-11(19)17(10)20)16-12(21-9)7-4-8-13(16)22/h3,5-7,15-16,21H,4,8H2,1-2H3. The summed E-state index contributed by atoms with van der Waals surface area (Å²) >= 11 is 12.6. The fourth-order valence-corrected chi connectivity index (χ4v) is 3.91. The van der Waals surface area contributed by atoms with Crippen LogP contribution in [-0.4, -0.2) is 18.9 Å². The number of rotatable bonds is 2. The number of Topliss-reactive ketones (excluding diaryl/α,β-unsaturated/α-hetero) is 1. The van der Waals surface area contributed by atoms with Crippen molar-refractivity contribution in [3.05, 3.63) is 56.9 Å². The molecule has 2 atom stereocenters. The summed E-state index contributed by atoms with van der Waals surface area (Å²) in [6.45, 7) is 1.80. The predicted octanol–water partition coefficient (Wildman–Crippen LogP) is 3.99. The summed E-state index contributed by atoms with van der Waals surface area (Å²) in [5, 5.41) is 3.94. The summed E-state index contributed by atoms with van der Waals surface area (Å²) in [5.41, 5.74) is 2.56. The van der Waals surface area contributed by atoms with Crippen molar-refractivity contribution in [2.75, 3.05) is 7.11 Å². The fourth-order valence-electron chi connectivity index (χ4n) is 3.49. The van der Waals surface area contributed by atoms with Gasteiger partial charge in [0.05, 0.1) is 28.6 Å². The first-order chi connectivity index (χ1) is 11.5. The number of nitrogens with one attached hydrogen (secondary N) is 1. The first-order valence-corrected chi connectivity index (χ1v) is 8.44. The van der Waals surface area contributed by atoms with Crippen LogP contribution in [0.4, 0.5) is 0 Å². The van der Waals surface area contributed by atoms with Gasteiger partial charge in [-0.1, -0.05) is 41.4 Å². The SMILES string of the molecule is COC(=O)C1=C(C)NC2=CCCC(=O)C2C1c1cccc(Cl)c1Cl. The van der Waals surface area contributed by atoms with Gasteiger partial charge in [0, 0.05) is 23.7 Å². The van der Waals surface area contributed by atoms with E-state index in [1.165, 1.54) is 7.11 Å². The molecule has 1 aromatic carbocycles. The summed E-state index contributed by atoms with van der Waals surface area (Å²) in [6, 6.07) is 5.26. The lowest BCUT2D eigenvalue weighted by Gasteiger charge is -2.38. The molecule has 24 heavy (non-hydrogen) atoms. The molecule has 3 rings (SSSR count). The number of fused-ring (bicyclic) bond motifs is 1. The van der Waals surface area contributed by atoms with Gasteiger partial charge in [-0.05, 0) is 25.0 Å². The minimum atomic E-state index is -0.510. The smallest absolute Gasteiger partial charge is 0.336 e. The molecule has 2 aliphatic rings. The topological polar surface area (TPSA) is 55.4 Å². The Bertz CT molecular complexity index is 782. The molecular formula is C18H17Cl2NO3. The molecule has 6 heteroatoms. The van der Waals surface area contributed by atoms with Gasteiger partial charge in [-0.25, -0.2) is 4.79 Å². The highest BCUT2D eigenvalue weighted by molar-refractivity contribution is 6.42. The molecule has 0 radical (unpaired) electrons. The average molecular weight is 366 g/mol. The summed E-state index contributed by atoms with van der Waals surface area (Å²) in [4.78, 5) is 25.1. The van der Waals surface area contributed by atoms with Gasteiger partial charge in [-0.2, -0.15) is 0 Å². The fraction of sp³-hybridized carbons (Fsp3) is 0.333. The maximum Gasteiger partial charge on any atom is 0.336 e. The molecule has 1 aliphatic carbocycles. The summed E-state index contributed by atoms with van der Waals surface area (Å²) in [5.74, 6) is -1.38. The van der Waals surface area contributed by atoms with E-state index in [1.54, 1.807) is 25.1 Å². The van der Waals surface area contributed by atoms with Crippen LogP contribution >= 0.6 is 23.2 Å². The molecular weight excluding hydrogens is 349 g/mol. The van der Waals surface area contributed by atoms with Gasteiger partial charge in [-0.3, -0.25) is 4.79 Å². The van der Waals surface area contributed by atoms with Crippen molar-refractivity contribution in [2.24, 2.45) is 5.92 Å². The molecule has 1 aliphatic heterocycles. The maximum atomic E-state index is 12.6. The van der Waals surface area contributed by atoms with E-state index in [4.69, 9.17) is 27.9 Å². The third kappa shape index (κ3) is 2.74. The number of esters is 1. The lowest BCUT2D eigenvalue weighted by Crippen LogP contribution is -2.40. The van der Waals surface area contributed by atoms with Gasteiger partial charge in [-0.15, -0.1) is 0 Å². The molecule has 0 bridgehead atoms. The number of halogens is 2. The van der Waals surface area contributed by atoms with Crippen LogP contribution in [-0.2, 0) is 14.3 Å².